The summed E-state index contributed by atoms with van der Waals surface area (Å²) in [5.74, 6) is -2.00. The molecule has 7 atom stereocenters. The van der Waals surface area contributed by atoms with E-state index in [1.165, 1.54) is 26.9 Å². The van der Waals surface area contributed by atoms with Crippen LogP contribution in [0.15, 0.2) is 52.2 Å². The lowest BCUT2D eigenvalue weighted by atomic mass is 9.79. The second-order valence-electron chi connectivity index (χ2n) is 13.5. The number of alkyl carbamates (subject to hydrolysis) is 1. The molecule has 1 saturated heterocycles. The number of carbonyl (C=O) groups excluding carboxylic acids is 3. The molecule has 276 valence electrons. The van der Waals surface area contributed by atoms with Crippen molar-refractivity contribution in [2.75, 3.05) is 6.61 Å². The summed E-state index contributed by atoms with van der Waals surface area (Å²) in [6.07, 6.45) is -4.28. The largest absolute Gasteiger partial charge is 0.462 e. The van der Waals surface area contributed by atoms with Gasteiger partial charge in [-0.1, -0.05) is 32.0 Å². The van der Waals surface area contributed by atoms with E-state index < -0.39 is 96.6 Å². The number of rotatable bonds is 14. The first-order chi connectivity index (χ1) is 23.1. The maximum Gasteiger partial charge on any atom is 0.459 e. The van der Waals surface area contributed by atoms with Gasteiger partial charge in [0, 0.05) is 12.3 Å². The Balaban J connectivity index is 1.98. The zero-order chi connectivity index (χ0) is 37.6. The quantitative estimate of drug-likeness (QED) is 0.0839. The van der Waals surface area contributed by atoms with E-state index in [1.807, 2.05) is 0 Å². The smallest absolute Gasteiger partial charge is 0.459 e. The van der Waals surface area contributed by atoms with Crippen LogP contribution in [0.4, 0.5) is 4.79 Å². The summed E-state index contributed by atoms with van der Waals surface area (Å²) in [5.41, 5.74) is -2.40. The van der Waals surface area contributed by atoms with Crippen LogP contribution in [-0.4, -0.2) is 82.8 Å². The molecule has 0 unspecified atom stereocenters. The van der Waals surface area contributed by atoms with Gasteiger partial charge in [-0.05, 0) is 59.6 Å². The standard InChI is InChI=1S/C31H45BClN4O12P/c1-17(2)23(35-29(42)48-30(6,7)8)26(40)47-24-21(46-27(31(24,32)33)37-15-14-22(38)34-28(37)41)16-44-50(43,49-20-12-10-9-11-13-20)36-19(5)25(39)45-18(3)4/h9-15,17-19,21,23-24,27H,16,32H2,1-8H3,(H,35,42)(H,36,43)(H,34,38,41)/t19-,21+,23-,24+,27+,31-,50-/m0/s1. The zero-order valence-corrected chi connectivity index (χ0v) is 31.1. The summed E-state index contributed by atoms with van der Waals surface area (Å²) in [6, 6.07) is 6.71. The Kier molecular flexibility index (Phi) is 13.5. The van der Waals surface area contributed by atoms with Gasteiger partial charge in [0.05, 0.1) is 17.5 Å². The molecule has 0 radical (unpaired) electrons. The number of carbonyl (C=O) groups is 3. The van der Waals surface area contributed by atoms with Crippen LogP contribution in [0.25, 0.3) is 0 Å². The van der Waals surface area contributed by atoms with Crippen LogP contribution in [-0.2, 0) is 37.6 Å². The molecule has 1 aromatic carbocycles. The molecule has 1 aromatic heterocycles. The molecule has 0 spiro atoms. The number of hydrogen-bond acceptors (Lipinski definition) is 12. The number of alkyl halides is 1. The number of benzene rings is 1. The van der Waals surface area contributed by atoms with Gasteiger partial charge >= 0.3 is 31.5 Å². The summed E-state index contributed by atoms with van der Waals surface area (Å²) in [4.78, 5) is 65.6. The topological polar surface area (TPSA) is 203 Å². The molecule has 0 saturated carbocycles. The van der Waals surface area contributed by atoms with Crippen molar-refractivity contribution in [3.8, 4) is 5.75 Å². The average molecular weight is 743 g/mol. The third-order valence-electron chi connectivity index (χ3n) is 7.06. The number of para-hydroxylation sites is 1. The van der Waals surface area contributed by atoms with Crippen LogP contribution in [0.1, 0.15) is 61.6 Å². The molecule has 1 amide bonds. The highest BCUT2D eigenvalue weighted by atomic mass is 35.5. The molecule has 1 aliphatic heterocycles. The molecule has 1 fully saturated rings. The molecular formula is C31H45BClN4O12P. The number of amides is 1. The van der Waals surface area contributed by atoms with E-state index in [2.05, 4.69) is 15.4 Å². The van der Waals surface area contributed by atoms with Crippen LogP contribution < -0.4 is 26.2 Å². The van der Waals surface area contributed by atoms with Gasteiger partial charge in [0.15, 0.2) is 6.23 Å². The predicted octanol–water partition coefficient (Wildman–Crippen LogP) is 2.60. The van der Waals surface area contributed by atoms with Crippen LogP contribution in [0.2, 0.25) is 0 Å². The number of aromatic nitrogens is 2. The normalized spacial score (nSPS) is 23.1. The number of H-pyrrole nitrogens is 1. The van der Waals surface area contributed by atoms with Gasteiger partial charge < -0.3 is 28.8 Å². The fourth-order valence-electron chi connectivity index (χ4n) is 4.78. The van der Waals surface area contributed by atoms with Gasteiger partial charge in [-0.15, -0.1) is 11.6 Å². The lowest BCUT2D eigenvalue weighted by Crippen LogP contribution is -2.52. The van der Waals surface area contributed by atoms with Crippen molar-refractivity contribution in [1.29, 1.82) is 0 Å². The summed E-state index contributed by atoms with van der Waals surface area (Å²) in [5, 5.41) is 5.07. The summed E-state index contributed by atoms with van der Waals surface area (Å²) in [7, 11) is -3.00. The Labute approximate surface area is 295 Å². The number of halogens is 1. The zero-order valence-electron chi connectivity index (χ0n) is 29.5. The first kappa shape index (κ1) is 40.8. The highest BCUT2D eigenvalue weighted by Crippen LogP contribution is 2.48. The maximum absolute atomic E-state index is 14.2. The average Bonchev–Trinajstić information content (AvgIpc) is 3.22. The van der Waals surface area contributed by atoms with E-state index in [0.717, 1.165) is 16.8 Å². The van der Waals surface area contributed by atoms with Gasteiger partial charge in [-0.3, -0.25) is 23.7 Å². The Bertz CT molecular complexity index is 1660. The molecule has 0 aliphatic carbocycles. The molecule has 50 heavy (non-hydrogen) atoms. The van der Waals surface area contributed by atoms with Gasteiger partial charge in [0.1, 0.15) is 43.5 Å². The van der Waals surface area contributed by atoms with E-state index in [4.69, 9.17) is 39.6 Å². The van der Waals surface area contributed by atoms with Gasteiger partial charge in [0.25, 0.3) is 5.56 Å². The van der Waals surface area contributed by atoms with Crippen molar-refractivity contribution in [3.63, 3.8) is 0 Å². The fourth-order valence-corrected chi connectivity index (χ4v) is 6.62. The van der Waals surface area contributed by atoms with E-state index in [0.29, 0.717) is 0 Å². The summed E-state index contributed by atoms with van der Waals surface area (Å²) >= 11 is 7.02. The molecule has 3 rings (SSSR count). The first-order valence-electron chi connectivity index (χ1n) is 15.9. The monoisotopic (exact) mass is 742 g/mol. The van der Waals surface area contributed by atoms with Gasteiger partial charge in [-0.25, -0.2) is 18.9 Å². The molecule has 0 bridgehead atoms. The third kappa shape index (κ3) is 11.2. The van der Waals surface area contributed by atoms with Crippen molar-refractivity contribution in [1.82, 2.24) is 20.0 Å². The third-order valence-corrected chi connectivity index (χ3v) is 9.10. The highest BCUT2D eigenvalue weighted by Gasteiger charge is 2.57. The summed E-state index contributed by atoms with van der Waals surface area (Å²) < 4.78 is 47.6. The van der Waals surface area contributed by atoms with Crippen molar-refractivity contribution >= 4 is 45.2 Å². The Morgan fingerprint density at radius 1 is 1.08 bits per heavy atom. The van der Waals surface area contributed by atoms with Crippen molar-refractivity contribution < 1.29 is 46.9 Å². The van der Waals surface area contributed by atoms with E-state index in [1.54, 1.807) is 66.7 Å². The minimum absolute atomic E-state index is 0.135. The van der Waals surface area contributed by atoms with Gasteiger partial charge in [0.2, 0.25) is 0 Å². The molecular weight excluding hydrogens is 698 g/mol. The number of nitrogens with one attached hydrogen (secondary N) is 3. The minimum atomic E-state index is -4.44. The second kappa shape index (κ2) is 16.6. The van der Waals surface area contributed by atoms with Crippen LogP contribution >= 0.6 is 19.3 Å². The Morgan fingerprint density at radius 2 is 1.72 bits per heavy atom. The fraction of sp³-hybridized carbons (Fsp3) is 0.581. The molecule has 3 N–H and O–H groups in total. The van der Waals surface area contributed by atoms with E-state index in [9.17, 15) is 28.5 Å². The highest BCUT2D eigenvalue weighted by molar-refractivity contribution is 7.52. The first-order valence-corrected chi connectivity index (χ1v) is 17.9. The van der Waals surface area contributed by atoms with Gasteiger partial charge in [-0.2, -0.15) is 5.09 Å². The number of aromatic amines is 1. The molecule has 1 aliphatic rings. The van der Waals surface area contributed by atoms with Crippen molar-refractivity contribution in [2.45, 2.75) is 102 Å². The molecule has 2 heterocycles. The maximum atomic E-state index is 14.2. The van der Waals surface area contributed by atoms with Crippen LogP contribution in [0.3, 0.4) is 0 Å². The lowest BCUT2D eigenvalue weighted by Gasteiger charge is -2.32. The second-order valence-corrected chi connectivity index (χ2v) is 16.0. The molecule has 2 aromatic rings. The molecule has 16 nitrogen and oxygen atoms in total. The number of hydrogen-bond donors (Lipinski definition) is 3. The van der Waals surface area contributed by atoms with E-state index in [-0.39, 0.29) is 5.75 Å². The van der Waals surface area contributed by atoms with Crippen molar-refractivity contribution in [2.24, 2.45) is 5.92 Å². The number of ether oxygens (including phenoxy) is 4. The SMILES string of the molecule is B[C@]1(Cl)[C@H](OC(=O)[C@@H](NC(=O)OC(C)(C)C)C(C)C)[C@@H](CO[P@@](=O)(N[C@@H](C)C(=O)OC(C)C)Oc2ccccc2)O[C@H]1n1ccc(=O)[nH]c1=O. The predicted molar refractivity (Wildman–Crippen MR) is 185 cm³/mol. The Hall–Kier alpha value is -3.63. The van der Waals surface area contributed by atoms with E-state index >= 15 is 0 Å². The lowest BCUT2D eigenvalue weighted by molar-refractivity contribution is -0.157. The van der Waals surface area contributed by atoms with Crippen molar-refractivity contribution in [3.05, 3.63) is 63.4 Å². The van der Waals surface area contributed by atoms with Crippen LogP contribution in [0.5, 0.6) is 5.75 Å². The number of nitrogens with zero attached hydrogens (tertiary/aromatic N) is 1. The summed E-state index contributed by atoms with van der Waals surface area (Å²) in [6.45, 7) is 12.4. The number of esters is 2. The Morgan fingerprint density at radius 3 is 2.28 bits per heavy atom. The minimum Gasteiger partial charge on any atom is -0.462 e. The van der Waals surface area contributed by atoms with Crippen LogP contribution in [0, 0.1) is 5.92 Å². The molecule has 19 heteroatoms.